The fourth-order valence-electron chi connectivity index (χ4n) is 1.16. The molecule has 1 aromatic heterocycles. The number of hydrogen-bond acceptors (Lipinski definition) is 3. The Hall–Kier alpha value is -1.64. The smallest absolute Gasteiger partial charge is 0.168 e. The SMILES string of the molecule is C=CCC(=O)c1cncc(OC(C)C)c1. The van der Waals surface area contributed by atoms with E-state index in [0.29, 0.717) is 17.7 Å². The van der Waals surface area contributed by atoms with Crippen molar-refractivity contribution in [3.05, 3.63) is 36.7 Å². The van der Waals surface area contributed by atoms with Crippen LogP contribution >= 0.6 is 0 Å². The highest BCUT2D eigenvalue weighted by Crippen LogP contribution is 2.14. The van der Waals surface area contributed by atoms with Crippen molar-refractivity contribution in [2.24, 2.45) is 0 Å². The molecule has 0 N–H and O–H groups in total. The zero-order valence-corrected chi connectivity index (χ0v) is 9.06. The normalized spacial score (nSPS) is 10.1. The summed E-state index contributed by atoms with van der Waals surface area (Å²) in [6.07, 6.45) is 5.13. The first-order chi connectivity index (χ1) is 7.13. The number of aromatic nitrogens is 1. The van der Waals surface area contributed by atoms with Crippen LogP contribution in [-0.2, 0) is 0 Å². The summed E-state index contributed by atoms with van der Waals surface area (Å²) in [5.41, 5.74) is 0.563. The van der Waals surface area contributed by atoms with E-state index >= 15 is 0 Å². The van der Waals surface area contributed by atoms with Crippen LogP contribution in [0, 0.1) is 0 Å². The van der Waals surface area contributed by atoms with Gasteiger partial charge in [0.2, 0.25) is 0 Å². The van der Waals surface area contributed by atoms with E-state index in [4.69, 9.17) is 4.74 Å². The number of hydrogen-bond donors (Lipinski definition) is 0. The molecule has 0 aliphatic heterocycles. The molecule has 0 saturated carbocycles. The van der Waals surface area contributed by atoms with Gasteiger partial charge in [-0.2, -0.15) is 0 Å². The average molecular weight is 205 g/mol. The van der Waals surface area contributed by atoms with E-state index < -0.39 is 0 Å². The lowest BCUT2D eigenvalue weighted by molar-refractivity contribution is 0.0994. The summed E-state index contributed by atoms with van der Waals surface area (Å²) in [5.74, 6) is 0.631. The molecule has 0 fully saturated rings. The summed E-state index contributed by atoms with van der Waals surface area (Å²) in [6, 6.07) is 1.71. The van der Waals surface area contributed by atoms with Gasteiger partial charge in [-0.3, -0.25) is 9.78 Å². The molecule has 1 aromatic rings. The van der Waals surface area contributed by atoms with Crippen LogP contribution in [0.15, 0.2) is 31.1 Å². The van der Waals surface area contributed by atoms with Crippen molar-refractivity contribution < 1.29 is 9.53 Å². The second kappa shape index (κ2) is 5.29. The first-order valence-electron chi connectivity index (χ1n) is 4.89. The number of ether oxygens (including phenoxy) is 1. The third-order valence-corrected chi connectivity index (χ3v) is 1.74. The molecule has 0 atom stereocenters. The quantitative estimate of drug-likeness (QED) is 0.548. The molecule has 80 valence electrons. The minimum absolute atomic E-state index is 0.00621. The fourth-order valence-corrected chi connectivity index (χ4v) is 1.16. The maximum atomic E-state index is 11.5. The number of pyridine rings is 1. The molecule has 0 bridgehead atoms. The number of Topliss-reactive ketones (excluding diaryl/α,β-unsaturated/α-hetero) is 1. The Morgan fingerprint density at radius 1 is 1.60 bits per heavy atom. The van der Waals surface area contributed by atoms with Crippen LogP contribution in [0.25, 0.3) is 0 Å². The van der Waals surface area contributed by atoms with Gasteiger partial charge in [0.15, 0.2) is 5.78 Å². The zero-order valence-electron chi connectivity index (χ0n) is 9.06. The molecule has 0 saturated heterocycles. The molecule has 3 heteroatoms. The van der Waals surface area contributed by atoms with Crippen LogP contribution in [0.1, 0.15) is 30.6 Å². The van der Waals surface area contributed by atoms with E-state index in [0.717, 1.165) is 0 Å². The van der Waals surface area contributed by atoms with E-state index in [1.807, 2.05) is 13.8 Å². The largest absolute Gasteiger partial charge is 0.489 e. The van der Waals surface area contributed by atoms with Crippen LogP contribution in [0.4, 0.5) is 0 Å². The minimum atomic E-state index is 0.00621. The summed E-state index contributed by atoms with van der Waals surface area (Å²) in [6.45, 7) is 7.38. The fraction of sp³-hybridized carbons (Fsp3) is 0.333. The van der Waals surface area contributed by atoms with E-state index in [1.165, 1.54) is 0 Å². The van der Waals surface area contributed by atoms with Gasteiger partial charge in [0, 0.05) is 18.2 Å². The highest BCUT2D eigenvalue weighted by Gasteiger charge is 2.06. The lowest BCUT2D eigenvalue weighted by atomic mass is 10.1. The summed E-state index contributed by atoms with van der Waals surface area (Å²) in [4.78, 5) is 15.5. The van der Waals surface area contributed by atoms with E-state index in [2.05, 4.69) is 11.6 Å². The van der Waals surface area contributed by atoms with Crippen molar-refractivity contribution in [1.82, 2.24) is 4.98 Å². The van der Waals surface area contributed by atoms with E-state index in [9.17, 15) is 4.79 Å². The topological polar surface area (TPSA) is 39.2 Å². The predicted molar refractivity (Wildman–Crippen MR) is 59.1 cm³/mol. The van der Waals surface area contributed by atoms with Gasteiger partial charge in [-0.1, -0.05) is 6.08 Å². The van der Waals surface area contributed by atoms with Gasteiger partial charge in [0.1, 0.15) is 5.75 Å². The van der Waals surface area contributed by atoms with Crippen LogP contribution in [0.5, 0.6) is 5.75 Å². The summed E-state index contributed by atoms with van der Waals surface area (Å²) >= 11 is 0. The number of carbonyl (C=O) groups is 1. The first kappa shape index (κ1) is 11.4. The summed E-state index contributed by atoms with van der Waals surface area (Å²) in [5, 5.41) is 0. The van der Waals surface area contributed by atoms with Crippen molar-refractivity contribution >= 4 is 5.78 Å². The number of ketones is 1. The lowest BCUT2D eigenvalue weighted by Gasteiger charge is -2.09. The first-order valence-corrected chi connectivity index (χ1v) is 4.89. The van der Waals surface area contributed by atoms with E-state index in [-0.39, 0.29) is 11.9 Å². The molecule has 0 aliphatic carbocycles. The van der Waals surface area contributed by atoms with Crippen molar-refractivity contribution in [1.29, 1.82) is 0 Å². The monoisotopic (exact) mass is 205 g/mol. The second-order valence-corrected chi connectivity index (χ2v) is 3.49. The number of rotatable bonds is 5. The Labute approximate surface area is 89.8 Å². The van der Waals surface area contributed by atoms with Crippen molar-refractivity contribution in [3.63, 3.8) is 0 Å². The molecular formula is C12H15NO2. The van der Waals surface area contributed by atoms with Crippen LogP contribution < -0.4 is 4.74 Å². The number of nitrogens with zero attached hydrogens (tertiary/aromatic N) is 1. The zero-order chi connectivity index (χ0) is 11.3. The van der Waals surface area contributed by atoms with Gasteiger partial charge in [-0.05, 0) is 19.9 Å². The number of allylic oxidation sites excluding steroid dienone is 1. The van der Waals surface area contributed by atoms with Crippen LogP contribution in [0.2, 0.25) is 0 Å². The standard InChI is InChI=1S/C12H15NO2/c1-4-5-12(14)10-6-11(8-13-7-10)15-9(2)3/h4,6-9H,1,5H2,2-3H3. The van der Waals surface area contributed by atoms with Crippen molar-refractivity contribution in [2.45, 2.75) is 26.4 Å². The molecule has 0 aliphatic rings. The highest BCUT2D eigenvalue weighted by molar-refractivity contribution is 5.96. The van der Waals surface area contributed by atoms with Gasteiger partial charge in [-0.15, -0.1) is 6.58 Å². The van der Waals surface area contributed by atoms with Crippen molar-refractivity contribution in [3.8, 4) is 5.75 Å². The van der Waals surface area contributed by atoms with Crippen LogP contribution in [0.3, 0.4) is 0 Å². The molecule has 3 nitrogen and oxygen atoms in total. The molecule has 0 aromatic carbocycles. The molecule has 0 spiro atoms. The highest BCUT2D eigenvalue weighted by atomic mass is 16.5. The summed E-state index contributed by atoms with van der Waals surface area (Å²) in [7, 11) is 0. The minimum Gasteiger partial charge on any atom is -0.489 e. The Morgan fingerprint density at radius 3 is 2.93 bits per heavy atom. The van der Waals surface area contributed by atoms with Gasteiger partial charge in [0.05, 0.1) is 12.3 Å². The van der Waals surface area contributed by atoms with Gasteiger partial charge >= 0.3 is 0 Å². The van der Waals surface area contributed by atoms with Gasteiger partial charge in [-0.25, -0.2) is 0 Å². The molecule has 0 amide bonds. The molecule has 1 rings (SSSR count). The van der Waals surface area contributed by atoms with Gasteiger partial charge < -0.3 is 4.74 Å². The lowest BCUT2D eigenvalue weighted by Crippen LogP contribution is -2.07. The predicted octanol–water partition coefficient (Wildman–Crippen LogP) is 2.63. The Bertz CT molecular complexity index is 358. The molecule has 15 heavy (non-hydrogen) atoms. The Kier molecular flexibility index (Phi) is 4.03. The molecular weight excluding hydrogens is 190 g/mol. The molecule has 0 unspecified atom stereocenters. The Morgan fingerprint density at radius 2 is 2.33 bits per heavy atom. The molecule has 0 radical (unpaired) electrons. The van der Waals surface area contributed by atoms with Gasteiger partial charge in [0.25, 0.3) is 0 Å². The molecule has 1 heterocycles. The maximum Gasteiger partial charge on any atom is 0.168 e. The summed E-state index contributed by atoms with van der Waals surface area (Å²) < 4.78 is 5.44. The number of carbonyl (C=O) groups excluding carboxylic acids is 1. The third-order valence-electron chi connectivity index (χ3n) is 1.74. The van der Waals surface area contributed by atoms with Crippen molar-refractivity contribution in [2.75, 3.05) is 0 Å². The van der Waals surface area contributed by atoms with Crippen LogP contribution in [-0.4, -0.2) is 16.9 Å². The third kappa shape index (κ3) is 3.54. The second-order valence-electron chi connectivity index (χ2n) is 3.49. The maximum absolute atomic E-state index is 11.5. The average Bonchev–Trinajstić information content (AvgIpc) is 2.17. The Balaban J connectivity index is 2.82. The van der Waals surface area contributed by atoms with E-state index in [1.54, 1.807) is 24.5 Å².